The smallest absolute Gasteiger partial charge is 0.308 e. The fourth-order valence-corrected chi connectivity index (χ4v) is 2.45. The first-order valence-electron chi connectivity index (χ1n) is 5.80. The van der Waals surface area contributed by atoms with Gasteiger partial charge in [-0.15, -0.1) is 0 Å². The molecule has 0 aromatic rings. The summed E-state index contributed by atoms with van der Waals surface area (Å²) < 4.78 is 0. The fourth-order valence-electron chi connectivity index (χ4n) is 2.45. The predicted molar refractivity (Wildman–Crippen MR) is 57.9 cm³/mol. The van der Waals surface area contributed by atoms with Gasteiger partial charge in [0.05, 0.1) is 5.92 Å². The van der Waals surface area contributed by atoms with Gasteiger partial charge in [0.15, 0.2) is 0 Å². The number of carboxylic acids is 1. The maximum atomic E-state index is 11.3. The van der Waals surface area contributed by atoms with Crippen molar-refractivity contribution in [2.75, 3.05) is 13.6 Å². The van der Waals surface area contributed by atoms with E-state index in [1.165, 1.54) is 0 Å². The van der Waals surface area contributed by atoms with Crippen molar-refractivity contribution in [1.82, 2.24) is 10.2 Å². The van der Waals surface area contributed by atoms with Crippen LogP contribution in [0.5, 0.6) is 0 Å². The molecular weight excluding hydrogens is 208 g/mol. The molecule has 3 unspecified atom stereocenters. The number of hydrogen-bond donors (Lipinski definition) is 2. The molecule has 16 heavy (non-hydrogen) atoms. The Morgan fingerprint density at radius 1 is 1.44 bits per heavy atom. The predicted octanol–water partition coefficient (Wildman–Crippen LogP) is 0.0600. The van der Waals surface area contributed by atoms with Crippen molar-refractivity contribution in [2.24, 2.45) is 5.92 Å². The largest absolute Gasteiger partial charge is 0.481 e. The van der Waals surface area contributed by atoms with Gasteiger partial charge in [0.1, 0.15) is 0 Å². The van der Waals surface area contributed by atoms with Crippen LogP contribution in [0, 0.1) is 5.92 Å². The Kier molecular flexibility index (Phi) is 3.14. The Morgan fingerprint density at radius 3 is 2.69 bits per heavy atom. The first-order valence-corrected chi connectivity index (χ1v) is 5.80. The number of nitrogens with one attached hydrogen (secondary N) is 1. The van der Waals surface area contributed by atoms with E-state index in [-0.39, 0.29) is 23.9 Å². The fraction of sp³-hybridized carbons (Fsp3) is 0.818. The molecule has 2 rings (SSSR count). The topological polar surface area (TPSA) is 69.6 Å². The lowest BCUT2D eigenvalue weighted by Crippen LogP contribution is -2.56. The zero-order valence-electron chi connectivity index (χ0n) is 9.48. The van der Waals surface area contributed by atoms with Crippen molar-refractivity contribution in [3.05, 3.63) is 0 Å². The summed E-state index contributed by atoms with van der Waals surface area (Å²) in [6.07, 6.45) is 3.10. The molecule has 1 amide bonds. The summed E-state index contributed by atoms with van der Waals surface area (Å²) in [4.78, 5) is 23.8. The second kappa shape index (κ2) is 4.41. The quantitative estimate of drug-likeness (QED) is 0.714. The Balaban J connectivity index is 1.82. The van der Waals surface area contributed by atoms with Crippen LogP contribution in [0.3, 0.4) is 0 Å². The van der Waals surface area contributed by atoms with E-state index in [2.05, 4.69) is 5.32 Å². The van der Waals surface area contributed by atoms with E-state index in [1.54, 1.807) is 11.9 Å². The van der Waals surface area contributed by atoms with Crippen LogP contribution in [0.25, 0.3) is 0 Å². The molecule has 1 aliphatic heterocycles. The van der Waals surface area contributed by atoms with Crippen LogP contribution >= 0.6 is 0 Å². The van der Waals surface area contributed by atoms with Crippen LogP contribution in [0.15, 0.2) is 0 Å². The van der Waals surface area contributed by atoms with Crippen molar-refractivity contribution in [2.45, 2.75) is 37.8 Å². The molecule has 0 radical (unpaired) electrons. The van der Waals surface area contributed by atoms with Crippen LogP contribution in [-0.4, -0.2) is 47.6 Å². The van der Waals surface area contributed by atoms with Crippen LogP contribution in [0.1, 0.15) is 25.7 Å². The van der Waals surface area contributed by atoms with Gasteiger partial charge < -0.3 is 15.3 Å². The van der Waals surface area contributed by atoms with Crippen LogP contribution in [-0.2, 0) is 9.59 Å². The summed E-state index contributed by atoms with van der Waals surface area (Å²) in [6.45, 7) is 0.696. The van der Waals surface area contributed by atoms with Gasteiger partial charge in [-0.25, -0.2) is 0 Å². The highest BCUT2D eigenvalue weighted by molar-refractivity contribution is 5.76. The van der Waals surface area contributed by atoms with Crippen LogP contribution < -0.4 is 5.32 Å². The molecule has 0 bridgehead atoms. The third kappa shape index (κ3) is 2.19. The molecule has 2 aliphatic rings. The lowest BCUT2D eigenvalue weighted by Gasteiger charge is -2.39. The van der Waals surface area contributed by atoms with E-state index >= 15 is 0 Å². The lowest BCUT2D eigenvalue weighted by molar-refractivity contribution is -0.146. The monoisotopic (exact) mass is 226 g/mol. The zero-order chi connectivity index (χ0) is 11.7. The van der Waals surface area contributed by atoms with E-state index in [0.29, 0.717) is 13.0 Å². The van der Waals surface area contributed by atoms with Crippen molar-refractivity contribution >= 4 is 11.9 Å². The number of nitrogens with zero attached hydrogens (tertiary/aromatic N) is 1. The van der Waals surface area contributed by atoms with Gasteiger partial charge in [0.2, 0.25) is 5.91 Å². The first-order chi connectivity index (χ1) is 7.58. The third-order valence-corrected chi connectivity index (χ3v) is 3.67. The number of amides is 1. The lowest BCUT2D eigenvalue weighted by atomic mass is 9.79. The highest BCUT2D eigenvalue weighted by atomic mass is 16.4. The molecule has 2 N–H and O–H groups in total. The highest BCUT2D eigenvalue weighted by Crippen LogP contribution is 2.28. The molecule has 0 spiro atoms. The number of aliphatic carboxylic acids is 1. The standard InChI is InChI=1S/C11H18N2O3/c1-13-6-7(2-5-10(13)14)12-9-4-3-8(9)11(15)16/h7-9,12H,2-6H2,1H3,(H,15,16). The third-order valence-electron chi connectivity index (χ3n) is 3.67. The number of piperidine rings is 1. The van der Waals surface area contributed by atoms with Crippen LogP contribution in [0.4, 0.5) is 0 Å². The Hall–Kier alpha value is -1.10. The number of carboxylic acid groups (broad SMARTS) is 1. The van der Waals surface area contributed by atoms with Gasteiger partial charge in [-0.3, -0.25) is 9.59 Å². The van der Waals surface area contributed by atoms with E-state index in [0.717, 1.165) is 19.3 Å². The summed E-state index contributed by atoms with van der Waals surface area (Å²) in [6, 6.07) is 0.360. The molecule has 0 aromatic carbocycles. The summed E-state index contributed by atoms with van der Waals surface area (Å²) in [5, 5.41) is 12.3. The Morgan fingerprint density at radius 2 is 2.19 bits per heavy atom. The number of likely N-dealkylation sites (N-methyl/N-ethyl adjacent to an activating group) is 1. The van der Waals surface area contributed by atoms with Crippen LogP contribution in [0.2, 0.25) is 0 Å². The molecule has 1 saturated heterocycles. The molecule has 2 fully saturated rings. The minimum absolute atomic E-state index is 0.101. The Bertz CT molecular complexity index is 306. The van der Waals surface area contributed by atoms with Gasteiger partial charge in [-0.2, -0.15) is 0 Å². The molecule has 1 aliphatic carbocycles. The molecular formula is C11H18N2O3. The number of carbonyl (C=O) groups excluding carboxylic acids is 1. The van der Waals surface area contributed by atoms with Crippen molar-refractivity contribution in [1.29, 1.82) is 0 Å². The molecule has 0 aromatic heterocycles. The van der Waals surface area contributed by atoms with E-state index in [1.807, 2.05) is 0 Å². The Labute approximate surface area is 94.8 Å². The maximum Gasteiger partial charge on any atom is 0.308 e. The van der Waals surface area contributed by atoms with Gasteiger partial charge in [0.25, 0.3) is 0 Å². The number of rotatable bonds is 3. The molecule has 5 nitrogen and oxygen atoms in total. The number of hydrogen-bond acceptors (Lipinski definition) is 3. The average molecular weight is 226 g/mol. The molecule has 3 atom stereocenters. The second-order valence-electron chi connectivity index (χ2n) is 4.81. The molecule has 1 saturated carbocycles. The van der Waals surface area contributed by atoms with Crippen molar-refractivity contribution in [3.63, 3.8) is 0 Å². The SMILES string of the molecule is CN1CC(NC2CCC2C(=O)O)CCC1=O. The first kappa shape index (κ1) is 11.4. The summed E-state index contributed by atoms with van der Waals surface area (Å²) in [5.74, 6) is -0.756. The summed E-state index contributed by atoms with van der Waals surface area (Å²) >= 11 is 0. The average Bonchev–Trinajstić information content (AvgIpc) is 2.17. The van der Waals surface area contributed by atoms with E-state index < -0.39 is 5.97 Å². The maximum absolute atomic E-state index is 11.3. The minimum atomic E-state index is -0.705. The van der Waals surface area contributed by atoms with Crippen molar-refractivity contribution < 1.29 is 14.7 Å². The van der Waals surface area contributed by atoms with Gasteiger partial charge in [-0.1, -0.05) is 0 Å². The van der Waals surface area contributed by atoms with Gasteiger partial charge >= 0.3 is 5.97 Å². The van der Waals surface area contributed by atoms with Gasteiger partial charge in [-0.05, 0) is 19.3 Å². The molecule has 5 heteroatoms. The van der Waals surface area contributed by atoms with Gasteiger partial charge in [0, 0.05) is 32.1 Å². The minimum Gasteiger partial charge on any atom is -0.481 e. The van der Waals surface area contributed by atoms with E-state index in [9.17, 15) is 9.59 Å². The number of carbonyl (C=O) groups is 2. The summed E-state index contributed by atoms with van der Waals surface area (Å²) in [7, 11) is 1.80. The summed E-state index contributed by atoms with van der Waals surface area (Å²) in [5.41, 5.74) is 0. The molecule has 1 heterocycles. The highest BCUT2D eigenvalue weighted by Gasteiger charge is 2.38. The number of likely N-dealkylation sites (tertiary alicyclic amines) is 1. The second-order valence-corrected chi connectivity index (χ2v) is 4.81. The zero-order valence-corrected chi connectivity index (χ0v) is 9.48. The van der Waals surface area contributed by atoms with Crippen molar-refractivity contribution in [3.8, 4) is 0 Å². The van der Waals surface area contributed by atoms with E-state index in [4.69, 9.17) is 5.11 Å². The normalized spacial score (nSPS) is 34.7. The molecule has 90 valence electrons.